The Bertz CT molecular complexity index is 1630. The zero-order valence-electron chi connectivity index (χ0n) is 22.2. The summed E-state index contributed by atoms with van der Waals surface area (Å²) in [5.74, 6) is -0.275. The Morgan fingerprint density at radius 1 is 1.02 bits per heavy atom. The van der Waals surface area contributed by atoms with Crippen molar-refractivity contribution in [2.45, 2.75) is 32.3 Å². The van der Waals surface area contributed by atoms with Crippen LogP contribution in [0.3, 0.4) is 0 Å². The van der Waals surface area contributed by atoms with E-state index in [4.69, 9.17) is 16.3 Å². The molecule has 0 saturated carbocycles. The third-order valence-electron chi connectivity index (χ3n) is 6.41. The number of nitrogens with one attached hydrogen (secondary N) is 2. The average Bonchev–Trinajstić information content (AvgIpc) is 3.52. The summed E-state index contributed by atoms with van der Waals surface area (Å²) in [4.78, 5) is 40.7. The average molecular weight is 578 g/mol. The number of hydrogen-bond acceptors (Lipinski definition) is 6. The molecule has 1 atom stereocenters. The van der Waals surface area contributed by atoms with E-state index in [1.165, 1.54) is 11.3 Å². The summed E-state index contributed by atoms with van der Waals surface area (Å²) in [7, 11) is 0. The summed E-state index contributed by atoms with van der Waals surface area (Å²) in [5.41, 5.74) is 2.15. The summed E-state index contributed by atoms with van der Waals surface area (Å²) in [6, 6.07) is 17.3. The van der Waals surface area contributed by atoms with Gasteiger partial charge in [-0.2, -0.15) is 0 Å². The Balaban J connectivity index is 1.32. The van der Waals surface area contributed by atoms with Gasteiger partial charge in [-0.1, -0.05) is 30.3 Å². The molecule has 0 saturated heterocycles. The van der Waals surface area contributed by atoms with E-state index in [0.717, 1.165) is 16.3 Å². The fourth-order valence-corrected chi connectivity index (χ4v) is 5.79. The second kappa shape index (κ2) is 10.8. The third-order valence-corrected chi connectivity index (χ3v) is 7.70. The minimum atomic E-state index is -0.649. The van der Waals surface area contributed by atoms with Gasteiger partial charge in [0.05, 0.1) is 16.3 Å². The van der Waals surface area contributed by atoms with Crippen molar-refractivity contribution in [2.75, 3.05) is 28.0 Å². The number of nitrogens with zero attached hydrogens (tertiary/aromatic N) is 1. The molecule has 4 aromatic rings. The number of rotatable bonds is 5. The summed E-state index contributed by atoms with van der Waals surface area (Å²) in [6.45, 7) is 5.69. The molecular formula is C30H28ClN3O5S. The van der Waals surface area contributed by atoms with Crippen LogP contribution < -0.4 is 15.5 Å². The highest BCUT2D eigenvalue weighted by Crippen LogP contribution is 2.45. The second-order valence-corrected chi connectivity index (χ2v) is 11.7. The van der Waals surface area contributed by atoms with Gasteiger partial charge in [0.2, 0.25) is 0 Å². The Labute approximate surface area is 240 Å². The maximum Gasteiger partial charge on any atom is 0.412 e. The van der Waals surface area contributed by atoms with Crippen LogP contribution in [-0.2, 0) is 4.74 Å². The summed E-state index contributed by atoms with van der Waals surface area (Å²) in [5, 5.41) is 19.4. The number of anilines is 3. The Kier molecular flexibility index (Phi) is 7.44. The molecule has 2 heterocycles. The first-order chi connectivity index (χ1) is 19.0. The van der Waals surface area contributed by atoms with Gasteiger partial charge in [-0.3, -0.25) is 14.9 Å². The van der Waals surface area contributed by atoms with Crippen molar-refractivity contribution in [3.8, 4) is 5.75 Å². The highest BCUT2D eigenvalue weighted by atomic mass is 35.5. The molecule has 5 rings (SSSR count). The number of carbonyl (C=O) groups excluding carboxylic acids is 3. The smallest absolute Gasteiger partial charge is 0.412 e. The number of halogens is 1. The zero-order valence-corrected chi connectivity index (χ0v) is 23.7. The van der Waals surface area contributed by atoms with Crippen molar-refractivity contribution in [3.05, 3.63) is 82.0 Å². The van der Waals surface area contributed by atoms with Gasteiger partial charge in [-0.15, -0.1) is 22.9 Å². The van der Waals surface area contributed by atoms with Gasteiger partial charge in [-0.25, -0.2) is 4.79 Å². The van der Waals surface area contributed by atoms with Crippen molar-refractivity contribution in [2.24, 2.45) is 0 Å². The van der Waals surface area contributed by atoms with Crippen LogP contribution in [0.15, 0.2) is 66.0 Å². The molecule has 0 fully saturated rings. The predicted molar refractivity (Wildman–Crippen MR) is 159 cm³/mol. The van der Waals surface area contributed by atoms with Crippen LogP contribution in [0.5, 0.6) is 5.75 Å². The molecule has 0 aliphatic carbocycles. The van der Waals surface area contributed by atoms with Crippen molar-refractivity contribution in [3.63, 3.8) is 0 Å². The fraction of sp³-hybridized carbons (Fsp3) is 0.233. The lowest BCUT2D eigenvalue weighted by Gasteiger charge is -2.19. The topological polar surface area (TPSA) is 108 Å². The Morgan fingerprint density at radius 3 is 2.50 bits per heavy atom. The number of ether oxygens (including phenoxy) is 1. The summed E-state index contributed by atoms with van der Waals surface area (Å²) in [6.07, 6.45) is -0.618. The van der Waals surface area contributed by atoms with Crippen LogP contribution in [0.2, 0.25) is 0 Å². The largest absolute Gasteiger partial charge is 0.507 e. The van der Waals surface area contributed by atoms with Gasteiger partial charge in [0, 0.05) is 46.4 Å². The van der Waals surface area contributed by atoms with Crippen LogP contribution in [-0.4, -0.2) is 41.0 Å². The van der Waals surface area contributed by atoms with Gasteiger partial charge in [-0.05, 0) is 56.0 Å². The molecule has 206 valence electrons. The molecule has 1 aliphatic heterocycles. The first kappa shape index (κ1) is 27.5. The number of benzene rings is 3. The number of phenols is 1. The van der Waals surface area contributed by atoms with E-state index < -0.39 is 17.6 Å². The van der Waals surface area contributed by atoms with Crippen LogP contribution in [0, 0.1) is 0 Å². The molecule has 0 bridgehead atoms. The normalized spacial score (nSPS) is 14.6. The van der Waals surface area contributed by atoms with Gasteiger partial charge in [0.15, 0.2) is 0 Å². The molecule has 3 aromatic carbocycles. The first-order valence-electron chi connectivity index (χ1n) is 12.7. The third kappa shape index (κ3) is 5.61. The highest BCUT2D eigenvalue weighted by Gasteiger charge is 2.35. The first-order valence-corrected chi connectivity index (χ1v) is 14.1. The number of alkyl halides is 1. The van der Waals surface area contributed by atoms with Gasteiger partial charge in [0.1, 0.15) is 11.4 Å². The lowest BCUT2D eigenvalue weighted by molar-refractivity contribution is 0.0635. The van der Waals surface area contributed by atoms with Crippen molar-refractivity contribution in [1.82, 2.24) is 0 Å². The summed E-state index contributed by atoms with van der Waals surface area (Å²) < 4.78 is 5.26. The zero-order chi connectivity index (χ0) is 28.6. The maximum atomic E-state index is 13.6. The van der Waals surface area contributed by atoms with Gasteiger partial charge >= 0.3 is 6.09 Å². The number of fused-ring (bicyclic) bond motifs is 3. The minimum Gasteiger partial charge on any atom is -0.507 e. The SMILES string of the molecule is CC(C)(C)OC(=O)Nc1cccc(C(=O)Nc2csc(C(=O)N3C[C@@H](CCl)c4c3cc(O)c3ccccc43)c2)c1. The summed E-state index contributed by atoms with van der Waals surface area (Å²) >= 11 is 7.52. The van der Waals surface area contributed by atoms with Crippen LogP contribution in [0.4, 0.5) is 21.9 Å². The van der Waals surface area contributed by atoms with Crippen LogP contribution in [0.25, 0.3) is 10.8 Å². The molecule has 3 amide bonds. The molecule has 0 spiro atoms. The maximum absolute atomic E-state index is 13.6. The molecule has 1 aromatic heterocycles. The van der Waals surface area contributed by atoms with E-state index >= 15 is 0 Å². The number of carbonyl (C=O) groups is 3. The van der Waals surface area contributed by atoms with E-state index in [1.807, 2.05) is 24.3 Å². The van der Waals surface area contributed by atoms with Crippen molar-refractivity contribution in [1.29, 1.82) is 0 Å². The number of thiophene rings is 1. The molecular weight excluding hydrogens is 550 g/mol. The molecule has 40 heavy (non-hydrogen) atoms. The molecule has 1 aliphatic rings. The standard InChI is InChI=1S/C30H28ClN3O5S/c1-30(2,3)39-29(38)33-19-8-6-7-17(11-19)27(36)32-20-12-25(40-16-20)28(37)34-15-18(14-31)26-22-10-5-4-9-21(22)24(35)13-23(26)34/h4-13,16,18,35H,14-15H2,1-3H3,(H,32,36)(H,33,38)/t18-/m1/s1. The monoisotopic (exact) mass is 577 g/mol. The van der Waals surface area contributed by atoms with Gasteiger partial charge < -0.3 is 20.1 Å². The minimum absolute atomic E-state index is 0.0770. The number of hydrogen-bond donors (Lipinski definition) is 3. The van der Waals surface area contributed by atoms with E-state index in [9.17, 15) is 19.5 Å². The molecule has 0 unspecified atom stereocenters. The molecule has 0 radical (unpaired) electrons. The van der Waals surface area contributed by atoms with E-state index in [2.05, 4.69) is 10.6 Å². The predicted octanol–water partition coefficient (Wildman–Crippen LogP) is 7.19. The number of aromatic hydroxyl groups is 1. The second-order valence-electron chi connectivity index (χ2n) is 10.5. The quantitative estimate of drug-likeness (QED) is 0.218. The van der Waals surface area contributed by atoms with E-state index in [1.54, 1.807) is 67.4 Å². The van der Waals surface area contributed by atoms with E-state index in [0.29, 0.717) is 39.9 Å². The molecule has 8 nitrogen and oxygen atoms in total. The van der Waals surface area contributed by atoms with Crippen molar-refractivity contribution >= 4 is 68.7 Å². The lowest BCUT2D eigenvalue weighted by atomic mass is 9.95. The fourth-order valence-electron chi connectivity index (χ4n) is 4.75. The van der Waals surface area contributed by atoms with Crippen molar-refractivity contribution < 1.29 is 24.2 Å². The Morgan fingerprint density at radius 2 is 1.77 bits per heavy atom. The molecule has 10 heteroatoms. The number of amides is 3. The Hall–Kier alpha value is -4.08. The highest BCUT2D eigenvalue weighted by molar-refractivity contribution is 7.12. The molecule has 3 N–H and O–H groups in total. The van der Waals surface area contributed by atoms with E-state index in [-0.39, 0.29) is 17.6 Å². The van der Waals surface area contributed by atoms with Crippen LogP contribution >= 0.6 is 22.9 Å². The van der Waals surface area contributed by atoms with Gasteiger partial charge in [0.25, 0.3) is 11.8 Å². The van der Waals surface area contributed by atoms with Crippen LogP contribution in [0.1, 0.15) is 52.3 Å². The number of phenolic OH excluding ortho intramolecular Hbond substituents is 1. The lowest BCUT2D eigenvalue weighted by Crippen LogP contribution is -2.29.